The van der Waals surface area contributed by atoms with E-state index < -0.39 is 0 Å². The molecule has 2 aromatic heterocycles. The number of nitrogens with zero attached hydrogens (tertiary/aromatic N) is 4. The van der Waals surface area contributed by atoms with Gasteiger partial charge >= 0.3 is 0 Å². The van der Waals surface area contributed by atoms with E-state index in [4.69, 9.17) is 4.74 Å². The minimum Gasteiger partial charge on any atom is -0.493 e. The van der Waals surface area contributed by atoms with Crippen LogP contribution in [-0.4, -0.2) is 32.6 Å². The van der Waals surface area contributed by atoms with Gasteiger partial charge in [0.05, 0.1) is 18.9 Å². The second kappa shape index (κ2) is 5.39. The molecule has 0 aliphatic heterocycles. The first-order valence-electron chi connectivity index (χ1n) is 5.67. The van der Waals surface area contributed by atoms with Gasteiger partial charge in [-0.3, -0.25) is 9.48 Å². The zero-order chi connectivity index (χ0) is 13.0. The number of ether oxygens (including phenoxy) is 1. The van der Waals surface area contributed by atoms with Gasteiger partial charge < -0.3 is 4.74 Å². The van der Waals surface area contributed by atoms with Crippen LogP contribution in [0.1, 0.15) is 29.4 Å². The Morgan fingerprint density at radius 2 is 2.06 bits per heavy atom. The lowest BCUT2D eigenvalue weighted by molar-refractivity contribution is 0.102. The molecule has 0 spiro atoms. The number of methoxy groups -OCH3 is 1. The van der Waals surface area contributed by atoms with Crippen LogP contribution in [0, 0.1) is 0 Å². The largest absolute Gasteiger partial charge is 0.493 e. The lowest BCUT2D eigenvalue weighted by Crippen LogP contribution is -2.13. The Balaban J connectivity index is 2.43. The number of aryl methyl sites for hydroxylation is 1. The lowest BCUT2D eigenvalue weighted by atomic mass is 10.1. The average Bonchev–Trinajstić information content (AvgIpc) is 2.82. The van der Waals surface area contributed by atoms with Crippen molar-refractivity contribution in [1.29, 1.82) is 0 Å². The summed E-state index contributed by atoms with van der Waals surface area (Å²) in [5.74, 6) is 0.288. The highest BCUT2D eigenvalue weighted by Crippen LogP contribution is 2.21. The van der Waals surface area contributed by atoms with Crippen molar-refractivity contribution in [2.75, 3.05) is 7.11 Å². The molecule has 18 heavy (non-hydrogen) atoms. The quantitative estimate of drug-likeness (QED) is 0.744. The Morgan fingerprint density at radius 1 is 1.33 bits per heavy atom. The van der Waals surface area contributed by atoms with Gasteiger partial charge in [-0.2, -0.15) is 5.10 Å². The molecule has 94 valence electrons. The van der Waals surface area contributed by atoms with Crippen molar-refractivity contribution < 1.29 is 9.53 Å². The highest BCUT2D eigenvalue weighted by molar-refractivity contribution is 6.09. The van der Waals surface area contributed by atoms with Crippen LogP contribution in [0.3, 0.4) is 0 Å². The maximum absolute atomic E-state index is 12.4. The summed E-state index contributed by atoms with van der Waals surface area (Å²) in [6.07, 6.45) is 6.79. The van der Waals surface area contributed by atoms with E-state index in [0.717, 1.165) is 6.42 Å². The Morgan fingerprint density at radius 3 is 2.67 bits per heavy atom. The van der Waals surface area contributed by atoms with E-state index in [1.54, 1.807) is 10.9 Å². The van der Waals surface area contributed by atoms with Crippen molar-refractivity contribution in [2.24, 2.45) is 0 Å². The highest BCUT2D eigenvalue weighted by Gasteiger charge is 2.20. The van der Waals surface area contributed by atoms with Crippen LogP contribution >= 0.6 is 0 Å². The topological polar surface area (TPSA) is 69.9 Å². The van der Waals surface area contributed by atoms with Gasteiger partial charge in [-0.05, 0) is 6.42 Å². The van der Waals surface area contributed by atoms with Gasteiger partial charge in [0.25, 0.3) is 0 Å². The van der Waals surface area contributed by atoms with Crippen molar-refractivity contribution in [2.45, 2.75) is 19.9 Å². The van der Waals surface area contributed by atoms with Crippen LogP contribution in [0.25, 0.3) is 0 Å². The molecule has 0 fully saturated rings. The van der Waals surface area contributed by atoms with E-state index in [2.05, 4.69) is 15.1 Å². The summed E-state index contributed by atoms with van der Waals surface area (Å²) in [7, 11) is 1.52. The third kappa shape index (κ3) is 2.22. The fourth-order valence-electron chi connectivity index (χ4n) is 1.68. The van der Waals surface area contributed by atoms with E-state index in [1.807, 2.05) is 6.92 Å². The fourth-order valence-corrected chi connectivity index (χ4v) is 1.68. The third-order valence-corrected chi connectivity index (χ3v) is 2.50. The molecule has 0 aromatic carbocycles. The predicted molar refractivity (Wildman–Crippen MR) is 64.5 cm³/mol. The van der Waals surface area contributed by atoms with Gasteiger partial charge in [0, 0.05) is 18.9 Å². The molecule has 0 unspecified atom stereocenters. The molecular weight excluding hydrogens is 232 g/mol. The lowest BCUT2D eigenvalue weighted by Gasteiger charge is -2.06. The molecule has 0 bridgehead atoms. The summed E-state index contributed by atoms with van der Waals surface area (Å²) < 4.78 is 6.82. The number of ketones is 1. The molecule has 0 saturated heterocycles. The molecule has 0 radical (unpaired) electrons. The summed E-state index contributed by atoms with van der Waals surface area (Å²) in [5.41, 5.74) is 0.864. The van der Waals surface area contributed by atoms with Crippen molar-refractivity contribution >= 4 is 5.78 Å². The molecule has 0 amide bonds. The van der Waals surface area contributed by atoms with Gasteiger partial charge in [-0.1, -0.05) is 6.92 Å². The normalized spacial score (nSPS) is 10.3. The molecule has 6 nitrogen and oxygen atoms in total. The maximum atomic E-state index is 12.4. The number of hydrogen-bond donors (Lipinski definition) is 0. The van der Waals surface area contributed by atoms with Gasteiger partial charge in [-0.15, -0.1) is 0 Å². The number of carbonyl (C=O) groups is 1. The maximum Gasteiger partial charge on any atom is 0.217 e. The molecule has 0 aliphatic carbocycles. The first kappa shape index (κ1) is 12.2. The average molecular weight is 246 g/mol. The molecule has 0 N–H and O–H groups in total. The summed E-state index contributed by atoms with van der Waals surface area (Å²) in [4.78, 5) is 20.1. The first-order chi connectivity index (χ1) is 8.77. The molecule has 0 aliphatic rings. The van der Waals surface area contributed by atoms with Crippen molar-refractivity contribution in [3.63, 3.8) is 0 Å². The summed E-state index contributed by atoms with van der Waals surface area (Å²) >= 11 is 0. The molecular formula is C12H14N4O2. The SMILES string of the molecule is CCCn1ncc(OC)c1C(=O)c1cncnc1. The molecule has 2 rings (SSSR count). The Hall–Kier alpha value is -2.24. The molecule has 6 heteroatoms. The molecule has 0 atom stereocenters. The first-order valence-corrected chi connectivity index (χ1v) is 5.67. The van der Waals surface area contributed by atoms with E-state index in [0.29, 0.717) is 23.6 Å². The standard InChI is InChI=1S/C12H14N4O2/c1-3-4-16-11(10(18-2)7-15-16)12(17)9-5-13-8-14-6-9/h5-8H,3-4H2,1-2H3. The van der Waals surface area contributed by atoms with Crippen LogP contribution < -0.4 is 4.74 Å². The molecule has 2 heterocycles. The van der Waals surface area contributed by atoms with Crippen LogP contribution in [0.2, 0.25) is 0 Å². The Bertz CT molecular complexity index is 536. The number of rotatable bonds is 5. The van der Waals surface area contributed by atoms with Gasteiger partial charge in [0.1, 0.15) is 6.33 Å². The minimum atomic E-state index is -0.182. The summed E-state index contributed by atoms with van der Waals surface area (Å²) in [6, 6.07) is 0. The summed E-state index contributed by atoms with van der Waals surface area (Å²) in [6.45, 7) is 2.69. The van der Waals surface area contributed by atoms with Crippen molar-refractivity contribution in [3.8, 4) is 5.75 Å². The van der Waals surface area contributed by atoms with Crippen molar-refractivity contribution in [1.82, 2.24) is 19.7 Å². The van der Waals surface area contributed by atoms with Crippen LogP contribution in [0.4, 0.5) is 0 Å². The van der Waals surface area contributed by atoms with Crippen LogP contribution in [-0.2, 0) is 6.54 Å². The monoisotopic (exact) mass is 246 g/mol. The van der Waals surface area contributed by atoms with E-state index in [9.17, 15) is 4.79 Å². The Kier molecular flexibility index (Phi) is 3.66. The molecule has 2 aromatic rings. The van der Waals surface area contributed by atoms with Crippen LogP contribution in [0.15, 0.2) is 24.9 Å². The fraction of sp³-hybridized carbons (Fsp3) is 0.333. The molecule has 0 saturated carbocycles. The van der Waals surface area contributed by atoms with Gasteiger partial charge in [0.2, 0.25) is 5.78 Å². The second-order valence-electron chi connectivity index (χ2n) is 3.74. The summed E-state index contributed by atoms with van der Waals surface area (Å²) in [5, 5.41) is 4.15. The predicted octanol–water partition coefficient (Wildman–Crippen LogP) is 1.32. The van der Waals surface area contributed by atoms with Crippen molar-refractivity contribution in [3.05, 3.63) is 36.2 Å². The number of hydrogen-bond acceptors (Lipinski definition) is 5. The second-order valence-corrected chi connectivity index (χ2v) is 3.74. The number of carbonyl (C=O) groups excluding carboxylic acids is 1. The van der Waals surface area contributed by atoms with E-state index in [-0.39, 0.29) is 5.78 Å². The van der Waals surface area contributed by atoms with Gasteiger partial charge in [-0.25, -0.2) is 9.97 Å². The highest BCUT2D eigenvalue weighted by atomic mass is 16.5. The van der Waals surface area contributed by atoms with Gasteiger partial charge in [0.15, 0.2) is 11.4 Å². The smallest absolute Gasteiger partial charge is 0.217 e. The zero-order valence-corrected chi connectivity index (χ0v) is 10.3. The van der Waals surface area contributed by atoms with E-state index in [1.165, 1.54) is 25.8 Å². The Labute approximate surface area is 105 Å². The van der Waals surface area contributed by atoms with E-state index >= 15 is 0 Å². The van der Waals surface area contributed by atoms with Crippen LogP contribution in [0.5, 0.6) is 5.75 Å². The zero-order valence-electron chi connectivity index (χ0n) is 10.3. The number of aromatic nitrogens is 4. The minimum absolute atomic E-state index is 0.182. The third-order valence-electron chi connectivity index (χ3n) is 2.50.